The van der Waals surface area contributed by atoms with Gasteiger partial charge < -0.3 is 15.2 Å². The molecule has 0 spiro atoms. The zero-order chi connectivity index (χ0) is 10.1. The number of aliphatic hydroxyl groups excluding tert-OH is 1. The van der Waals surface area contributed by atoms with Crippen molar-refractivity contribution in [1.82, 2.24) is 5.32 Å². The topological polar surface area (TPSA) is 58.6 Å². The SMILES string of the molecule is CCCOCC(=O)NC(C)CCO. The number of hydrogen-bond donors (Lipinski definition) is 2. The van der Waals surface area contributed by atoms with Crippen molar-refractivity contribution in [3.8, 4) is 0 Å². The maximum Gasteiger partial charge on any atom is 0.246 e. The Labute approximate surface area is 79.3 Å². The summed E-state index contributed by atoms with van der Waals surface area (Å²) in [5, 5.41) is 11.3. The van der Waals surface area contributed by atoms with Crippen LogP contribution in [0.15, 0.2) is 0 Å². The second-order valence-corrected chi connectivity index (χ2v) is 3.03. The highest BCUT2D eigenvalue weighted by atomic mass is 16.5. The average Bonchev–Trinajstić information content (AvgIpc) is 2.05. The summed E-state index contributed by atoms with van der Waals surface area (Å²) in [7, 11) is 0. The fraction of sp³-hybridized carbons (Fsp3) is 0.889. The second-order valence-electron chi connectivity index (χ2n) is 3.03. The van der Waals surface area contributed by atoms with E-state index in [1.54, 1.807) is 0 Å². The minimum atomic E-state index is -0.116. The van der Waals surface area contributed by atoms with Gasteiger partial charge in [0.25, 0.3) is 0 Å². The van der Waals surface area contributed by atoms with E-state index in [9.17, 15) is 4.79 Å². The van der Waals surface area contributed by atoms with E-state index in [4.69, 9.17) is 9.84 Å². The minimum Gasteiger partial charge on any atom is -0.396 e. The van der Waals surface area contributed by atoms with Gasteiger partial charge in [0.2, 0.25) is 5.91 Å². The predicted octanol–water partition coefficient (Wildman–Crippen LogP) is 0.300. The van der Waals surface area contributed by atoms with Gasteiger partial charge in [0.15, 0.2) is 0 Å². The number of nitrogens with one attached hydrogen (secondary N) is 1. The lowest BCUT2D eigenvalue weighted by Crippen LogP contribution is -2.35. The summed E-state index contributed by atoms with van der Waals surface area (Å²) in [5.41, 5.74) is 0. The molecule has 0 aliphatic rings. The van der Waals surface area contributed by atoms with Crippen molar-refractivity contribution in [2.24, 2.45) is 0 Å². The number of aliphatic hydroxyl groups is 1. The largest absolute Gasteiger partial charge is 0.396 e. The molecule has 2 N–H and O–H groups in total. The molecule has 1 amide bonds. The number of amides is 1. The summed E-state index contributed by atoms with van der Waals surface area (Å²) < 4.78 is 5.05. The maximum absolute atomic E-state index is 11.1. The van der Waals surface area contributed by atoms with Crippen LogP contribution in [0.5, 0.6) is 0 Å². The Morgan fingerprint density at radius 2 is 2.31 bits per heavy atom. The highest BCUT2D eigenvalue weighted by Crippen LogP contribution is 1.88. The summed E-state index contributed by atoms with van der Waals surface area (Å²) >= 11 is 0. The molecular weight excluding hydrogens is 170 g/mol. The van der Waals surface area contributed by atoms with Crippen molar-refractivity contribution >= 4 is 5.91 Å². The molecule has 0 saturated carbocycles. The van der Waals surface area contributed by atoms with Crippen LogP contribution in [0.3, 0.4) is 0 Å². The predicted molar refractivity (Wildman–Crippen MR) is 50.4 cm³/mol. The van der Waals surface area contributed by atoms with Crippen molar-refractivity contribution in [1.29, 1.82) is 0 Å². The Hall–Kier alpha value is -0.610. The lowest BCUT2D eigenvalue weighted by atomic mass is 10.2. The van der Waals surface area contributed by atoms with E-state index in [1.807, 2.05) is 13.8 Å². The van der Waals surface area contributed by atoms with E-state index in [1.165, 1.54) is 0 Å². The molecular formula is C9H19NO3. The van der Waals surface area contributed by atoms with Crippen LogP contribution in [0, 0.1) is 0 Å². The molecule has 1 atom stereocenters. The smallest absolute Gasteiger partial charge is 0.246 e. The molecule has 0 rings (SSSR count). The monoisotopic (exact) mass is 189 g/mol. The van der Waals surface area contributed by atoms with Gasteiger partial charge >= 0.3 is 0 Å². The molecule has 13 heavy (non-hydrogen) atoms. The van der Waals surface area contributed by atoms with Crippen molar-refractivity contribution in [3.63, 3.8) is 0 Å². The Balaban J connectivity index is 3.38. The highest BCUT2D eigenvalue weighted by molar-refractivity contribution is 5.77. The van der Waals surface area contributed by atoms with Gasteiger partial charge in [-0.25, -0.2) is 0 Å². The molecule has 0 aromatic rings. The van der Waals surface area contributed by atoms with Crippen LogP contribution in [0.25, 0.3) is 0 Å². The summed E-state index contributed by atoms with van der Waals surface area (Å²) in [4.78, 5) is 11.1. The van der Waals surface area contributed by atoms with Gasteiger partial charge in [-0.15, -0.1) is 0 Å². The molecule has 0 aromatic carbocycles. The van der Waals surface area contributed by atoms with E-state index < -0.39 is 0 Å². The van der Waals surface area contributed by atoms with Crippen molar-refractivity contribution < 1.29 is 14.6 Å². The first-order valence-corrected chi connectivity index (χ1v) is 4.68. The number of rotatable bonds is 7. The Bertz CT molecular complexity index is 139. The second kappa shape index (κ2) is 8.01. The van der Waals surface area contributed by atoms with Gasteiger partial charge in [0.1, 0.15) is 6.61 Å². The molecule has 1 unspecified atom stereocenters. The number of carbonyl (C=O) groups excluding carboxylic acids is 1. The van der Waals surface area contributed by atoms with Crippen LogP contribution < -0.4 is 5.32 Å². The lowest BCUT2D eigenvalue weighted by Gasteiger charge is -2.12. The van der Waals surface area contributed by atoms with Gasteiger partial charge in [-0.1, -0.05) is 6.92 Å². The molecule has 4 heteroatoms. The van der Waals surface area contributed by atoms with E-state index in [0.717, 1.165) is 6.42 Å². The number of ether oxygens (including phenoxy) is 1. The first kappa shape index (κ1) is 12.4. The molecule has 78 valence electrons. The third kappa shape index (κ3) is 7.74. The Morgan fingerprint density at radius 1 is 1.62 bits per heavy atom. The van der Waals surface area contributed by atoms with Gasteiger partial charge in [0.05, 0.1) is 0 Å². The van der Waals surface area contributed by atoms with Gasteiger partial charge in [0, 0.05) is 19.3 Å². The van der Waals surface area contributed by atoms with Crippen molar-refractivity contribution in [3.05, 3.63) is 0 Å². The zero-order valence-corrected chi connectivity index (χ0v) is 8.38. The maximum atomic E-state index is 11.1. The molecule has 0 radical (unpaired) electrons. The van der Waals surface area contributed by atoms with Crippen LogP contribution in [0.1, 0.15) is 26.7 Å². The highest BCUT2D eigenvalue weighted by Gasteiger charge is 2.05. The lowest BCUT2D eigenvalue weighted by molar-refractivity contribution is -0.126. The molecule has 0 bridgehead atoms. The molecule has 0 aliphatic heterocycles. The van der Waals surface area contributed by atoms with E-state index in [2.05, 4.69) is 5.32 Å². The summed E-state index contributed by atoms with van der Waals surface area (Å²) in [5.74, 6) is -0.116. The van der Waals surface area contributed by atoms with E-state index in [0.29, 0.717) is 13.0 Å². The molecule has 0 fully saturated rings. The quantitative estimate of drug-likeness (QED) is 0.566. The van der Waals surface area contributed by atoms with Crippen molar-refractivity contribution in [2.75, 3.05) is 19.8 Å². The van der Waals surface area contributed by atoms with Gasteiger partial charge in [-0.3, -0.25) is 4.79 Å². The Morgan fingerprint density at radius 3 is 2.85 bits per heavy atom. The normalized spacial score (nSPS) is 12.5. The molecule has 4 nitrogen and oxygen atoms in total. The minimum absolute atomic E-state index is 0.0164. The third-order valence-corrected chi connectivity index (χ3v) is 1.55. The first-order valence-electron chi connectivity index (χ1n) is 4.68. The molecule has 0 heterocycles. The number of hydrogen-bond acceptors (Lipinski definition) is 3. The first-order chi connectivity index (χ1) is 6.20. The van der Waals surface area contributed by atoms with Gasteiger partial charge in [-0.05, 0) is 19.8 Å². The zero-order valence-electron chi connectivity index (χ0n) is 8.38. The van der Waals surface area contributed by atoms with E-state index in [-0.39, 0.29) is 25.2 Å². The summed E-state index contributed by atoms with van der Waals surface area (Å²) in [6.07, 6.45) is 1.50. The van der Waals surface area contributed by atoms with Crippen LogP contribution in [0.2, 0.25) is 0 Å². The number of carbonyl (C=O) groups is 1. The molecule has 0 aromatic heterocycles. The van der Waals surface area contributed by atoms with Crippen molar-refractivity contribution in [2.45, 2.75) is 32.7 Å². The molecule has 0 saturated heterocycles. The fourth-order valence-electron chi connectivity index (χ4n) is 0.892. The van der Waals surface area contributed by atoms with E-state index >= 15 is 0 Å². The van der Waals surface area contributed by atoms with Crippen LogP contribution in [-0.2, 0) is 9.53 Å². The van der Waals surface area contributed by atoms with Crippen LogP contribution >= 0.6 is 0 Å². The standard InChI is InChI=1S/C9H19NO3/c1-3-6-13-7-9(12)10-8(2)4-5-11/h8,11H,3-7H2,1-2H3,(H,10,12). The summed E-state index contributed by atoms with van der Waals surface area (Å²) in [6.45, 7) is 4.67. The summed E-state index contributed by atoms with van der Waals surface area (Å²) in [6, 6.07) is 0.0164. The van der Waals surface area contributed by atoms with Crippen LogP contribution in [-0.4, -0.2) is 36.9 Å². The Kier molecular flexibility index (Phi) is 7.63. The fourth-order valence-corrected chi connectivity index (χ4v) is 0.892. The van der Waals surface area contributed by atoms with Crippen LogP contribution in [0.4, 0.5) is 0 Å². The van der Waals surface area contributed by atoms with Gasteiger partial charge in [-0.2, -0.15) is 0 Å². The molecule has 0 aliphatic carbocycles. The third-order valence-electron chi connectivity index (χ3n) is 1.55. The average molecular weight is 189 g/mol.